The van der Waals surface area contributed by atoms with E-state index in [1.54, 1.807) is 19.2 Å². The van der Waals surface area contributed by atoms with Crippen molar-refractivity contribution in [3.05, 3.63) is 71.7 Å². The molecular weight excluding hydrogens is 392 g/mol. The van der Waals surface area contributed by atoms with E-state index in [0.717, 1.165) is 16.8 Å². The summed E-state index contributed by atoms with van der Waals surface area (Å²) in [5.74, 6) is -0.177. The monoisotopic (exact) mass is 420 g/mol. The molecule has 1 unspecified atom stereocenters. The first kappa shape index (κ1) is 22.3. The molecule has 1 N–H and O–H groups in total. The fourth-order valence-corrected chi connectivity index (χ4v) is 3.59. The smallest absolute Gasteiger partial charge is 0.339 e. The highest BCUT2D eigenvalue weighted by atomic mass is 16.5. The van der Waals surface area contributed by atoms with Crippen molar-refractivity contribution in [3.63, 3.8) is 0 Å². The van der Waals surface area contributed by atoms with Crippen LogP contribution in [-0.4, -0.2) is 35.9 Å². The van der Waals surface area contributed by atoms with Crippen LogP contribution in [0.25, 0.3) is 11.3 Å². The van der Waals surface area contributed by atoms with E-state index in [4.69, 9.17) is 9.47 Å². The zero-order chi connectivity index (χ0) is 22.6. The van der Waals surface area contributed by atoms with Crippen LogP contribution in [0.15, 0.2) is 54.9 Å². The summed E-state index contributed by atoms with van der Waals surface area (Å²) in [6.45, 7) is 6.16. The van der Waals surface area contributed by atoms with Crippen LogP contribution >= 0.6 is 0 Å². The Bertz CT molecular complexity index is 1050. The maximum absolute atomic E-state index is 13.4. The molecule has 2 heterocycles. The van der Waals surface area contributed by atoms with Crippen LogP contribution in [0.5, 0.6) is 5.75 Å². The van der Waals surface area contributed by atoms with Gasteiger partial charge in [0, 0.05) is 35.6 Å². The number of ketones is 1. The molecule has 3 rings (SSSR count). The van der Waals surface area contributed by atoms with Crippen LogP contribution < -0.4 is 4.74 Å². The second-order valence-electron chi connectivity index (χ2n) is 8.64. The molecule has 0 aliphatic rings. The molecule has 0 saturated heterocycles. The van der Waals surface area contributed by atoms with E-state index in [1.807, 2.05) is 36.5 Å². The molecule has 0 fully saturated rings. The lowest BCUT2D eigenvalue weighted by atomic mass is 9.81. The molecule has 1 aromatic carbocycles. The highest BCUT2D eigenvalue weighted by Crippen LogP contribution is 2.37. The van der Waals surface area contributed by atoms with Gasteiger partial charge >= 0.3 is 5.97 Å². The maximum Gasteiger partial charge on any atom is 0.339 e. The number of carbonyl (C=O) groups excluding carboxylic acids is 2. The summed E-state index contributed by atoms with van der Waals surface area (Å²) in [4.78, 5) is 32.7. The third-order valence-electron chi connectivity index (χ3n) is 4.98. The molecule has 6 nitrogen and oxygen atoms in total. The summed E-state index contributed by atoms with van der Waals surface area (Å²) in [6.07, 6.45) is 3.73. The Kier molecular flexibility index (Phi) is 6.59. The normalized spacial score (nSPS) is 12.3. The number of nitrogens with zero attached hydrogens (tertiary/aromatic N) is 1. The number of hydrogen-bond donors (Lipinski definition) is 1. The summed E-state index contributed by atoms with van der Waals surface area (Å²) >= 11 is 0. The number of esters is 1. The van der Waals surface area contributed by atoms with Gasteiger partial charge in [-0.2, -0.15) is 0 Å². The molecule has 2 aromatic heterocycles. The molecule has 0 radical (unpaired) electrons. The van der Waals surface area contributed by atoms with Gasteiger partial charge in [0.2, 0.25) is 0 Å². The van der Waals surface area contributed by atoms with Gasteiger partial charge in [0.05, 0.1) is 31.4 Å². The van der Waals surface area contributed by atoms with E-state index < -0.39 is 11.9 Å². The standard InChI is InChI=1S/C25H28N2O4/c1-25(2,3)14-21(28)23(20-7-6-12-26-20)18-13-16(9-11-22(18)30-4)19-10-8-17(15-27-19)24(29)31-5/h6-13,15,23,26H,14H2,1-5H3. The van der Waals surface area contributed by atoms with Gasteiger partial charge in [-0.05, 0) is 47.9 Å². The van der Waals surface area contributed by atoms with Crippen LogP contribution in [-0.2, 0) is 9.53 Å². The first-order valence-corrected chi connectivity index (χ1v) is 10.1. The largest absolute Gasteiger partial charge is 0.496 e. The lowest BCUT2D eigenvalue weighted by Crippen LogP contribution is -2.21. The number of aromatic nitrogens is 2. The molecular formula is C25H28N2O4. The van der Waals surface area contributed by atoms with E-state index in [-0.39, 0.29) is 11.2 Å². The lowest BCUT2D eigenvalue weighted by Gasteiger charge is -2.24. The molecule has 1 atom stereocenters. The van der Waals surface area contributed by atoms with E-state index in [0.29, 0.717) is 23.4 Å². The van der Waals surface area contributed by atoms with Crippen molar-refractivity contribution < 1.29 is 19.1 Å². The molecule has 162 valence electrons. The maximum atomic E-state index is 13.4. The van der Waals surface area contributed by atoms with Gasteiger partial charge < -0.3 is 14.5 Å². The van der Waals surface area contributed by atoms with E-state index >= 15 is 0 Å². The Labute approximate surface area is 182 Å². The number of carbonyl (C=O) groups is 2. The third-order valence-corrected chi connectivity index (χ3v) is 4.98. The predicted octanol–water partition coefficient (Wildman–Crippen LogP) is 5.01. The topological polar surface area (TPSA) is 81.3 Å². The molecule has 0 bridgehead atoms. The van der Waals surface area contributed by atoms with Gasteiger partial charge in [-0.25, -0.2) is 4.79 Å². The van der Waals surface area contributed by atoms with Gasteiger partial charge in [-0.3, -0.25) is 9.78 Å². The minimum absolute atomic E-state index is 0.111. The first-order valence-electron chi connectivity index (χ1n) is 10.1. The second-order valence-corrected chi connectivity index (χ2v) is 8.64. The molecule has 0 saturated carbocycles. The van der Waals surface area contributed by atoms with Crippen LogP contribution in [0.2, 0.25) is 0 Å². The number of H-pyrrole nitrogens is 1. The summed E-state index contributed by atoms with van der Waals surface area (Å²) < 4.78 is 10.3. The minimum Gasteiger partial charge on any atom is -0.496 e. The third kappa shape index (κ3) is 5.20. The quantitative estimate of drug-likeness (QED) is 0.544. The Morgan fingerprint density at radius 1 is 1.10 bits per heavy atom. The number of methoxy groups -OCH3 is 2. The molecule has 0 aliphatic heterocycles. The average Bonchev–Trinajstić information content (AvgIpc) is 3.26. The van der Waals surface area contributed by atoms with Gasteiger partial charge in [0.1, 0.15) is 11.5 Å². The zero-order valence-electron chi connectivity index (χ0n) is 18.6. The molecule has 6 heteroatoms. The van der Waals surface area contributed by atoms with Crippen molar-refractivity contribution in [1.29, 1.82) is 0 Å². The van der Waals surface area contributed by atoms with Crippen LogP contribution in [0.1, 0.15) is 54.7 Å². The predicted molar refractivity (Wildman–Crippen MR) is 119 cm³/mol. The van der Waals surface area contributed by atoms with Crippen LogP contribution in [0.3, 0.4) is 0 Å². The number of benzene rings is 1. The molecule has 3 aromatic rings. The van der Waals surface area contributed by atoms with Crippen molar-refractivity contribution in [2.24, 2.45) is 5.41 Å². The number of pyridine rings is 1. The van der Waals surface area contributed by atoms with Gasteiger partial charge in [0.15, 0.2) is 0 Å². The number of rotatable bonds is 7. The van der Waals surface area contributed by atoms with Crippen LogP contribution in [0, 0.1) is 5.41 Å². The Morgan fingerprint density at radius 2 is 1.87 bits per heavy atom. The van der Waals surface area contributed by atoms with Crippen molar-refractivity contribution in [2.45, 2.75) is 33.1 Å². The number of aromatic amines is 1. The van der Waals surface area contributed by atoms with Crippen molar-refractivity contribution in [1.82, 2.24) is 9.97 Å². The van der Waals surface area contributed by atoms with E-state index in [2.05, 4.69) is 30.7 Å². The number of Topliss-reactive ketones (excluding diaryl/α,β-unsaturated/α-hetero) is 1. The first-order chi connectivity index (χ1) is 14.7. The number of ether oxygens (including phenoxy) is 2. The molecule has 0 aliphatic carbocycles. The van der Waals surface area contributed by atoms with Gasteiger partial charge in [-0.1, -0.05) is 20.8 Å². The zero-order valence-corrected chi connectivity index (χ0v) is 18.6. The Hall–Kier alpha value is -3.41. The SMILES string of the molecule is COC(=O)c1ccc(-c2ccc(OC)c(C(C(=O)CC(C)(C)C)c3ccc[nH]3)c2)nc1. The Morgan fingerprint density at radius 3 is 2.42 bits per heavy atom. The fraction of sp³-hybridized carbons (Fsp3) is 0.320. The van der Waals surface area contributed by atoms with Crippen molar-refractivity contribution in [2.75, 3.05) is 14.2 Å². The second kappa shape index (κ2) is 9.16. The Balaban J connectivity index is 2.07. The van der Waals surface area contributed by atoms with Gasteiger partial charge in [-0.15, -0.1) is 0 Å². The number of nitrogens with one attached hydrogen (secondary N) is 1. The summed E-state index contributed by atoms with van der Waals surface area (Å²) in [5.41, 5.74) is 3.34. The molecule has 0 amide bonds. The van der Waals surface area contributed by atoms with Crippen LogP contribution in [0.4, 0.5) is 0 Å². The lowest BCUT2D eigenvalue weighted by molar-refractivity contribution is -0.121. The highest BCUT2D eigenvalue weighted by molar-refractivity contribution is 5.91. The molecule has 31 heavy (non-hydrogen) atoms. The van der Waals surface area contributed by atoms with Crippen molar-refractivity contribution >= 4 is 11.8 Å². The summed E-state index contributed by atoms with van der Waals surface area (Å²) in [6, 6.07) is 12.9. The summed E-state index contributed by atoms with van der Waals surface area (Å²) in [5, 5.41) is 0. The van der Waals surface area contributed by atoms with Gasteiger partial charge in [0.25, 0.3) is 0 Å². The van der Waals surface area contributed by atoms with Crippen molar-refractivity contribution in [3.8, 4) is 17.0 Å². The minimum atomic E-state index is -0.488. The van der Waals surface area contributed by atoms with E-state index in [1.165, 1.54) is 13.3 Å². The summed E-state index contributed by atoms with van der Waals surface area (Å²) in [7, 11) is 2.93. The average molecular weight is 421 g/mol. The fourth-order valence-electron chi connectivity index (χ4n) is 3.59. The number of hydrogen-bond acceptors (Lipinski definition) is 5. The molecule has 0 spiro atoms. The highest BCUT2D eigenvalue weighted by Gasteiger charge is 2.30. The van der Waals surface area contributed by atoms with E-state index in [9.17, 15) is 9.59 Å².